The summed E-state index contributed by atoms with van der Waals surface area (Å²) in [4.78, 5) is 23.6. The number of halogens is 1. The van der Waals surface area contributed by atoms with Crippen LogP contribution < -0.4 is 15.8 Å². The summed E-state index contributed by atoms with van der Waals surface area (Å²) in [5.41, 5.74) is 7.47. The van der Waals surface area contributed by atoms with Gasteiger partial charge >= 0.3 is 0 Å². The van der Waals surface area contributed by atoms with E-state index in [0.29, 0.717) is 27.7 Å². The molecule has 0 atom stereocenters. The number of aromatic nitrogens is 2. The average molecular weight is 399 g/mol. The fourth-order valence-electron chi connectivity index (χ4n) is 2.65. The van der Waals surface area contributed by atoms with E-state index < -0.39 is 5.91 Å². The van der Waals surface area contributed by atoms with Crippen LogP contribution in [0, 0.1) is 6.92 Å². The van der Waals surface area contributed by atoms with Crippen LogP contribution in [-0.2, 0) is 4.79 Å². The Morgan fingerprint density at radius 2 is 2.00 bits per heavy atom. The lowest BCUT2D eigenvalue weighted by atomic mass is 10.2. The number of anilines is 1. The summed E-state index contributed by atoms with van der Waals surface area (Å²) in [6.07, 6.45) is 1.59. The van der Waals surface area contributed by atoms with E-state index in [1.807, 2.05) is 12.1 Å². The molecule has 0 unspecified atom stereocenters. The lowest BCUT2D eigenvalue weighted by Crippen LogP contribution is -2.16. The van der Waals surface area contributed by atoms with Crippen LogP contribution in [0.2, 0.25) is 5.02 Å². The molecule has 8 heteroatoms. The van der Waals surface area contributed by atoms with Gasteiger partial charge in [-0.2, -0.15) is 5.10 Å². The van der Waals surface area contributed by atoms with Gasteiger partial charge in [-0.25, -0.2) is 4.68 Å². The van der Waals surface area contributed by atoms with Gasteiger partial charge in [0.2, 0.25) is 5.91 Å². The molecule has 0 aliphatic carbocycles. The highest BCUT2D eigenvalue weighted by atomic mass is 35.5. The Bertz CT molecular complexity index is 1020. The van der Waals surface area contributed by atoms with Gasteiger partial charge in [0, 0.05) is 5.02 Å². The van der Waals surface area contributed by atoms with E-state index in [9.17, 15) is 9.59 Å². The third-order valence-corrected chi connectivity index (χ3v) is 4.28. The molecule has 2 amide bonds. The molecule has 0 radical (unpaired) electrons. The summed E-state index contributed by atoms with van der Waals surface area (Å²) in [5, 5.41) is 7.70. The molecule has 0 fully saturated rings. The van der Waals surface area contributed by atoms with Crippen molar-refractivity contribution in [2.75, 3.05) is 11.9 Å². The van der Waals surface area contributed by atoms with Crippen molar-refractivity contribution >= 4 is 29.1 Å². The number of hydrogen-bond acceptors (Lipinski definition) is 4. The topological polar surface area (TPSA) is 99.2 Å². The Morgan fingerprint density at radius 1 is 1.21 bits per heavy atom. The monoisotopic (exact) mass is 398 g/mol. The molecule has 0 saturated carbocycles. The molecule has 2 aromatic carbocycles. The van der Waals surface area contributed by atoms with Gasteiger partial charge < -0.3 is 15.8 Å². The number of benzene rings is 2. The van der Waals surface area contributed by atoms with Gasteiger partial charge in [-0.15, -0.1) is 0 Å². The normalized spacial score (nSPS) is 10.5. The molecule has 3 aromatic rings. The van der Waals surface area contributed by atoms with Crippen LogP contribution in [0.25, 0.3) is 5.69 Å². The average Bonchev–Trinajstić information content (AvgIpc) is 3.04. The van der Waals surface area contributed by atoms with Gasteiger partial charge in [0.05, 0.1) is 41.9 Å². The van der Waals surface area contributed by atoms with Crippen molar-refractivity contribution in [2.45, 2.75) is 13.3 Å². The van der Waals surface area contributed by atoms with Crippen LogP contribution in [0.15, 0.2) is 54.7 Å². The molecule has 144 valence electrons. The molecule has 0 saturated heterocycles. The molecule has 0 spiro atoms. The molecule has 0 aliphatic heterocycles. The first-order valence-electron chi connectivity index (χ1n) is 8.58. The molecule has 28 heavy (non-hydrogen) atoms. The summed E-state index contributed by atoms with van der Waals surface area (Å²) in [7, 11) is 0. The summed E-state index contributed by atoms with van der Waals surface area (Å²) >= 11 is 6.04. The second-order valence-corrected chi connectivity index (χ2v) is 6.49. The number of nitrogens with one attached hydrogen (secondary N) is 1. The number of carbonyl (C=O) groups is 2. The Hall–Kier alpha value is -3.32. The number of para-hydroxylation sites is 2. The maximum atomic E-state index is 12.8. The molecular weight excluding hydrogens is 380 g/mol. The molecule has 0 bridgehead atoms. The standard InChI is InChI=1S/C20H19ClN4O3/c1-13-16(12-23-25(13)15-6-4-5-14(21)11-15)20(27)24-17-7-2-3-8-18(17)28-10-9-19(22)26/h2-8,11-12H,9-10H2,1H3,(H2,22,26)(H,24,27). The van der Waals surface area contributed by atoms with Crippen molar-refractivity contribution in [3.63, 3.8) is 0 Å². The summed E-state index contributed by atoms with van der Waals surface area (Å²) in [6, 6.07) is 14.2. The highest BCUT2D eigenvalue weighted by Gasteiger charge is 2.17. The molecule has 1 heterocycles. The van der Waals surface area contributed by atoms with Gasteiger partial charge in [-0.3, -0.25) is 9.59 Å². The summed E-state index contributed by atoms with van der Waals surface area (Å²) in [5.74, 6) is -0.320. The van der Waals surface area contributed by atoms with Crippen LogP contribution in [0.4, 0.5) is 5.69 Å². The van der Waals surface area contributed by atoms with Crippen LogP contribution >= 0.6 is 11.6 Å². The predicted octanol–water partition coefficient (Wildman–Crippen LogP) is 3.34. The van der Waals surface area contributed by atoms with Gasteiger partial charge in [-0.1, -0.05) is 29.8 Å². The summed E-state index contributed by atoms with van der Waals surface area (Å²) < 4.78 is 7.20. The lowest BCUT2D eigenvalue weighted by Gasteiger charge is -2.12. The number of nitrogens with two attached hydrogens (primary N) is 1. The maximum Gasteiger partial charge on any atom is 0.259 e. The van der Waals surface area contributed by atoms with Gasteiger partial charge in [0.15, 0.2) is 0 Å². The smallest absolute Gasteiger partial charge is 0.259 e. The van der Waals surface area contributed by atoms with Crippen LogP contribution in [0.1, 0.15) is 22.5 Å². The van der Waals surface area contributed by atoms with E-state index in [1.54, 1.807) is 48.0 Å². The van der Waals surface area contributed by atoms with Crippen molar-refractivity contribution in [3.05, 3.63) is 71.0 Å². The van der Waals surface area contributed by atoms with Crippen LogP contribution in [-0.4, -0.2) is 28.2 Å². The number of primary amides is 1. The van der Waals surface area contributed by atoms with E-state index in [4.69, 9.17) is 22.1 Å². The SMILES string of the molecule is Cc1c(C(=O)Nc2ccccc2OCCC(N)=O)cnn1-c1cccc(Cl)c1. The van der Waals surface area contributed by atoms with E-state index >= 15 is 0 Å². The van der Waals surface area contributed by atoms with Crippen molar-refractivity contribution in [1.29, 1.82) is 0 Å². The molecule has 1 aromatic heterocycles. The van der Waals surface area contributed by atoms with E-state index in [2.05, 4.69) is 10.4 Å². The van der Waals surface area contributed by atoms with E-state index in [1.165, 1.54) is 6.20 Å². The highest BCUT2D eigenvalue weighted by Crippen LogP contribution is 2.25. The number of ether oxygens (including phenoxy) is 1. The fraction of sp³-hybridized carbons (Fsp3) is 0.150. The zero-order valence-corrected chi connectivity index (χ0v) is 15.9. The number of nitrogens with zero attached hydrogens (tertiary/aromatic N) is 2. The molecule has 7 nitrogen and oxygen atoms in total. The van der Waals surface area contributed by atoms with Gasteiger partial charge in [-0.05, 0) is 37.3 Å². The largest absolute Gasteiger partial charge is 0.491 e. The maximum absolute atomic E-state index is 12.8. The molecular formula is C20H19ClN4O3. The Labute approximate surface area is 167 Å². The predicted molar refractivity (Wildman–Crippen MR) is 107 cm³/mol. The molecule has 3 rings (SSSR count). The molecule has 3 N–H and O–H groups in total. The Morgan fingerprint density at radius 3 is 2.75 bits per heavy atom. The number of rotatable bonds is 7. The zero-order chi connectivity index (χ0) is 20.1. The van der Waals surface area contributed by atoms with Crippen molar-refractivity contribution in [2.24, 2.45) is 5.73 Å². The highest BCUT2D eigenvalue weighted by molar-refractivity contribution is 6.30. The van der Waals surface area contributed by atoms with Crippen molar-refractivity contribution in [1.82, 2.24) is 9.78 Å². The summed E-state index contributed by atoms with van der Waals surface area (Å²) in [6.45, 7) is 1.94. The number of amides is 2. The Balaban J connectivity index is 1.78. The first-order chi connectivity index (χ1) is 13.5. The fourth-order valence-corrected chi connectivity index (χ4v) is 2.83. The molecule has 0 aliphatic rings. The number of hydrogen-bond donors (Lipinski definition) is 2. The van der Waals surface area contributed by atoms with Crippen LogP contribution in [0.5, 0.6) is 5.75 Å². The van der Waals surface area contributed by atoms with E-state index in [-0.39, 0.29) is 18.9 Å². The first-order valence-corrected chi connectivity index (χ1v) is 8.95. The first kappa shape index (κ1) is 19.4. The quantitative estimate of drug-likeness (QED) is 0.637. The minimum absolute atomic E-state index is 0.0911. The minimum atomic E-state index is -0.453. The van der Waals surface area contributed by atoms with Crippen molar-refractivity contribution in [3.8, 4) is 11.4 Å². The Kier molecular flexibility index (Phi) is 5.96. The minimum Gasteiger partial charge on any atom is -0.491 e. The third-order valence-electron chi connectivity index (χ3n) is 4.05. The second-order valence-electron chi connectivity index (χ2n) is 6.05. The second kappa shape index (κ2) is 8.58. The van der Waals surface area contributed by atoms with E-state index in [0.717, 1.165) is 5.69 Å². The lowest BCUT2D eigenvalue weighted by molar-refractivity contribution is -0.118. The van der Waals surface area contributed by atoms with Crippen LogP contribution in [0.3, 0.4) is 0 Å². The zero-order valence-electron chi connectivity index (χ0n) is 15.2. The number of carbonyl (C=O) groups excluding carboxylic acids is 2. The van der Waals surface area contributed by atoms with Gasteiger partial charge in [0.1, 0.15) is 5.75 Å². The van der Waals surface area contributed by atoms with Crippen molar-refractivity contribution < 1.29 is 14.3 Å². The van der Waals surface area contributed by atoms with Gasteiger partial charge in [0.25, 0.3) is 5.91 Å². The third kappa shape index (κ3) is 4.50.